The molecule has 2 aromatic rings. The molecule has 0 radical (unpaired) electrons. The maximum Gasteiger partial charge on any atom is 0.121 e. The van der Waals surface area contributed by atoms with E-state index >= 15 is 0 Å². The second kappa shape index (κ2) is 8.19. The van der Waals surface area contributed by atoms with Crippen LogP contribution in [0.3, 0.4) is 0 Å². The van der Waals surface area contributed by atoms with Crippen LogP contribution >= 0.6 is 0 Å². The van der Waals surface area contributed by atoms with E-state index in [1.54, 1.807) is 0 Å². The number of hydrogen-bond acceptors (Lipinski definition) is 1. The van der Waals surface area contributed by atoms with Crippen LogP contribution in [0.25, 0.3) is 0 Å². The molecular formula is C22H30O. The van der Waals surface area contributed by atoms with Gasteiger partial charge in [-0.2, -0.15) is 0 Å². The largest absolute Gasteiger partial charge is 0.486 e. The van der Waals surface area contributed by atoms with E-state index in [1.165, 1.54) is 17.5 Å². The van der Waals surface area contributed by atoms with Gasteiger partial charge in [0.15, 0.2) is 0 Å². The van der Waals surface area contributed by atoms with E-state index in [0.717, 1.165) is 11.7 Å². The number of rotatable bonds is 7. The molecule has 0 heterocycles. The summed E-state index contributed by atoms with van der Waals surface area (Å²) >= 11 is 0. The number of hydrogen-bond donors (Lipinski definition) is 0. The van der Waals surface area contributed by atoms with Crippen molar-refractivity contribution in [1.82, 2.24) is 0 Å². The summed E-state index contributed by atoms with van der Waals surface area (Å²) in [5.41, 5.74) is 2.63. The quantitative estimate of drug-likeness (QED) is 0.559. The normalized spacial score (nSPS) is 14.0. The van der Waals surface area contributed by atoms with Crippen LogP contribution < -0.4 is 4.74 Å². The van der Waals surface area contributed by atoms with E-state index in [2.05, 4.69) is 83.1 Å². The number of benzene rings is 2. The van der Waals surface area contributed by atoms with Crippen LogP contribution in [-0.4, -0.2) is 0 Å². The smallest absolute Gasteiger partial charge is 0.121 e. The standard InChI is InChI=1S/C22H30O/c1-16(2)15-22(17(3)4)20-11-13-21(14-12-20)23-18(5)19-9-7-6-8-10-19/h6-14,16-18,22H,15H2,1-5H3. The van der Waals surface area contributed by atoms with Crippen molar-refractivity contribution in [2.24, 2.45) is 11.8 Å². The predicted molar refractivity (Wildman–Crippen MR) is 99.0 cm³/mol. The first kappa shape index (κ1) is 17.6. The highest BCUT2D eigenvalue weighted by molar-refractivity contribution is 5.30. The Bertz CT molecular complexity index is 569. The molecule has 0 aromatic heterocycles. The molecule has 0 aliphatic heterocycles. The van der Waals surface area contributed by atoms with Crippen molar-refractivity contribution < 1.29 is 4.74 Å². The molecule has 0 aliphatic rings. The van der Waals surface area contributed by atoms with E-state index in [4.69, 9.17) is 4.74 Å². The Hall–Kier alpha value is -1.76. The monoisotopic (exact) mass is 310 g/mol. The summed E-state index contributed by atoms with van der Waals surface area (Å²) in [6.07, 6.45) is 1.30. The molecule has 0 spiro atoms. The van der Waals surface area contributed by atoms with Gasteiger partial charge in [0, 0.05) is 0 Å². The van der Waals surface area contributed by atoms with Crippen molar-refractivity contribution in [3.63, 3.8) is 0 Å². The molecule has 0 N–H and O–H groups in total. The summed E-state index contributed by atoms with van der Waals surface area (Å²) < 4.78 is 6.08. The fourth-order valence-corrected chi connectivity index (χ4v) is 3.09. The topological polar surface area (TPSA) is 9.23 Å². The third-order valence-electron chi connectivity index (χ3n) is 4.42. The van der Waals surface area contributed by atoms with Gasteiger partial charge in [0.05, 0.1) is 0 Å². The third kappa shape index (κ3) is 5.13. The molecule has 0 amide bonds. The van der Waals surface area contributed by atoms with Crippen LogP contribution in [0.15, 0.2) is 54.6 Å². The Labute approximate surface area is 141 Å². The summed E-state index contributed by atoms with van der Waals surface area (Å²) in [4.78, 5) is 0. The molecule has 1 nitrogen and oxygen atoms in total. The SMILES string of the molecule is CC(C)CC(c1ccc(OC(C)c2ccccc2)cc1)C(C)C. The van der Waals surface area contributed by atoms with Crippen molar-refractivity contribution in [2.45, 2.75) is 53.1 Å². The second-order valence-electron chi connectivity index (χ2n) is 7.22. The lowest BCUT2D eigenvalue weighted by Gasteiger charge is -2.24. The Morgan fingerprint density at radius 3 is 1.87 bits per heavy atom. The third-order valence-corrected chi connectivity index (χ3v) is 4.42. The average Bonchev–Trinajstić information content (AvgIpc) is 2.54. The van der Waals surface area contributed by atoms with Gasteiger partial charge in [-0.25, -0.2) is 0 Å². The summed E-state index contributed by atoms with van der Waals surface area (Å²) in [5, 5.41) is 0. The first-order valence-electron chi connectivity index (χ1n) is 8.79. The lowest BCUT2D eigenvalue weighted by molar-refractivity contribution is 0.227. The maximum absolute atomic E-state index is 6.08. The molecule has 0 bridgehead atoms. The predicted octanol–water partition coefficient (Wildman–Crippen LogP) is 6.61. The van der Waals surface area contributed by atoms with Crippen LogP contribution in [0.2, 0.25) is 0 Å². The zero-order valence-corrected chi connectivity index (χ0v) is 15.1. The van der Waals surface area contributed by atoms with E-state index in [9.17, 15) is 0 Å². The zero-order valence-electron chi connectivity index (χ0n) is 15.1. The summed E-state index contributed by atoms with van der Waals surface area (Å²) in [6.45, 7) is 11.3. The van der Waals surface area contributed by atoms with Crippen LogP contribution in [0.4, 0.5) is 0 Å². The summed E-state index contributed by atoms with van der Waals surface area (Å²) in [6, 6.07) is 19.1. The Morgan fingerprint density at radius 1 is 0.739 bits per heavy atom. The lowest BCUT2D eigenvalue weighted by Crippen LogP contribution is -2.10. The second-order valence-corrected chi connectivity index (χ2v) is 7.22. The maximum atomic E-state index is 6.08. The van der Waals surface area contributed by atoms with E-state index < -0.39 is 0 Å². The first-order chi connectivity index (χ1) is 11.0. The minimum atomic E-state index is 0.0682. The van der Waals surface area contributed by atoms with Gasteiger partial charge in [0.1, 0.15) is 11.9 Å². The highest BCUT2D eigenvalue weighted by atomic mass is 16.5. The van der Waals surface area contributed by atoms with Crippen molar-refractivity contribution in [1.29, 1.82) is 0 Å². The minimum absolute atomic E-state index is 0.0682. The molecule has 0 fully saturated rings. The fourth-order valence-electron chi connectivity index (χ4n) is 3.09. The van der Waals surface area contributed by atoms with Crippen LogP contribution in [0.1, 0.15) is 64.2 Å². The van der Waals surface area contributed by atoms with Crippen LogP contribution in [0.5, 0.6) is 5.75 Å². The number of ether oxygens (including phenoxy) is 1. The molecule has 2 unspecified atom stereocenters. The zero-order chi connectivity index (χ0) is 16.8. The highest BCUT2D eigenvalue weighted by Crippen LogP contribution is 2.32. The molecule has 1 heteroatoms. The molecule has 0 aliphatic carbocycles. The van der Waals surface area contributed by atoms with Gasteiger partial charge in [0.2, 0.25) is 0 Å². The molecular weight excluding hydrogens is 280 g/mol. The average molecular weight is 310 g/mol. The lowest BCUT2D eigenvalue weighted by atomic mass is 9.82. The van der Waals surface area contributed by atoms with Crippen molar-refractivity contribution >= 4 is 0 Å². The Balaban J connectivity index is 2.06. The van der Waals surface area contributed by atoms with Gasteiger partial charge in [-0.05, 0) is 54.4 Å². The van der Waals surface area contributed by atoms with Gasteiger partial charge in [-0.3, -0.25) is 0 Å². The van der Waals surface area contributed by atoms with Gasteiger partial charge >= 0.3 is 0 Å². The minimum Gasteiger partial charge on any atom is -0.486 e. The summed E-state index contributed by atoms with van der Waals surface area (Å²) in [7, 11) is 0. The van der Waals surface area contributed by atoms with Crippen LogP contribution in [-0.2, 0) is 0 Å². The van der Waals surface area contributed by atoms with E-state index in [1.807, 2.05) is 6.07 Å². The Kier molecular flexibility index (Phi) is 6.27. The molecule has 2 rings (SSSR count). The Morgan fingerprint density at radius 2 is 1.35 bits per heavy atom. The van der Waals surface area contributed by atoms with Gasteiger partial charge in [-0.15, -0.1) is 0 Å². The van der Waals surface area contributed by atoms with Crippen molar-refractivity contribution in [2.75, 3.05) is 0 Å². The molecule has 2 atom stereocenters. The van der Waals surface area contributed by atoms with Gasteiger partial charge in [-0.1, -0.05) is 70.2 Å². The highest BCUT2D eigenvalue weighted by Gasteiger charge is 2.17. The van der Waals surface area contributed by atoms with Crippen molar-refractivity contribution in [3.8, 4) is 5.75 Å². The summed E-state index contributed by atoms with van der Waals surface area (Å²) in [5.74, 6) is 2.94. The first-order valence-corrected chi connectivity index (χ1v) is 8.79. The fraction of sp³-hybridized carbons (Fsp3) is 0.455. The van der Waals surface area contributed by atoms with E-state index in [-0.39, 0.29) is 6.10 Å². The van der Waals surface area contributed by atoms with Gasteiger partial charge in [0.25, 0.3) is 0 Å². The van der Waals surface area contributed by atoms with Gasteiger partial charge < -0.3 is 4.74 Å². The molecule has 23 heavy (non-hydrogen) atoms. The van der Waals surface area contributed by atoms with Crippen molar-refractivity contribution in [3.05, 3.63) is 65.7 Å². The molecule has 0 saturated heterocycles. The van der Waals surface area contributed by atoms with E-state index in [0.29, 0.717) is 11.8 Å². The molecule has 124 valence electrons. The molecule has 0 saturated carbocycles. The van der Waals surface area contributed by atoms with Crippen LogP contribution in [0, 0.1) is 11.8 Å². The molecule has 2 aromatic carbocycles.